The molecular weight excluding hydrogens is 574 g/mol. The van der Waals surface area contributed by atoms with Crippen LogP contribution in [0.5, 0.6) is 0 Å². The summed E-state index contributed by atoms with van der Waals surface area (Å²) < 4.78 is 97.4. The van der Waals surface area contributed by atoms with Crippen molar-refractivity contribution >= 4 is 17.6 Å². The summed E-state index contributed by atoms with van der Waals surface area (Å²) in [6, 6.07) is 8.28. The lowest BCUT2D eigenvalue weighted by Crippen LogP contribution is -2.45. The van der Waals surface area contributed by atoms with Crippen molar-refractivity contribution in [3.63, 3.8) is 0 Å². The van der Waals surface area contributed by atoms with E-state index in [1.807, 2.05) is 0 Å². The van der Waals surface area contributed by atoms with E-state index < -0.39 is 82.7 Å². The maximum atomic E-state index is 14.8. The minimum atomic E-state index is -5.15. The molecule has 1 amide bonds. The first-order valence-corrected chi connectivity index (χ1v) is 12.5. The second-order valence-electron chi connectivity index (χ2n) is 10.1. The number of anilines is 1. The first-order chi connectivity index (χ1) is 19.5. The number of hydrogen-bond donors (Lipinski definition) is 2. The fourth-order valence-corrected chi connectivity index (χ4v) is 4.32. The summed E-state index contributed by atoms with van der Waals surface area (Å²) in [6.07, 6.45) is -10.5. The number of alkyl halides is 6. The Labute approximate surface area is 234 Å². The topological polar surface area (TPSA) is 127 Å². The van der Waals surface area contributed by atoms with E-state index in [2.05, 4.69) is 15.2 Å². The van der Waals surface area contributed by atoms with Crippen molar-refractivity contribution < 1.29 is 50.2 Å². The van der Waals surface area contributed by atoms with E-state index in [9.17, 15) is 41.0 Å². The highest BCUT2D eigenvalue weighted by atomic mass is 19.4. The van der Waals surface area contributed by atoms with E-state index in [0.29, 0.717) is 11.6 Å². The Bertz CT molecular complexity index is 1500. The van der Waals surface area contributed by atoms with Crippen molar-refractivity contribution in [2.24, 2.45) is 5.41 Å². The lowest BCUT2D eigenvalue weighted by molar-refractivity contribution is -0.299. The van der Waals surface area contributed by atoms with Crippen molar-refractivity contribution in [3.8, 4) is 11.6 Å². The van der Waals surface area contributed by atoms with Crippen LogP contribution in [0.15, 0.2) is 53.0 Å². The molecule has 2 N–H and O–H groups in total. The third-order valence-electron chi connectivity index (χ3n) is 6.62. The van der Waals surface area contributed by atoms with Crippen LogP contribution < -0.4 is 5.32 Å². The molecule has 0 aliphatic carbocycles. The highest BCUT2D eigenvalue weighted by molar-refractivity contribution is 6.01. The number of amides is 1. The molecule has 0 spiro atoms. The number of aromatic nitrogens is 3. The Hall–Kier alpha value is -4.27. The number of carbonyl (C=O) groups excluding carboxylic acids is 1. The molecule has 1 aliphatic heterocycles. The first-order valence-electron chi connectivity index (χ1n) is 12.5. The zero-order chi connectivity index (χ0) is 30.9. The molecule has 0 saturated heterocycles. The fourth-order valence-electron chi connectivity index (χ4n) is 4.32. The number of halogens is 6. The molecule has 1 aliphatic rings. The van der Waals surface area contributed by atoms with Gasteiger partial charge in [-0.2, -0.15) is 26.3 Å². The van der Waals surface area contributed by atoms with E-state index in [4.69, 9.17) is 9.15 Å². The molecule has 0 radical (unpaired) electrons. The molecule has 4 rings (SSSR count). The van der Waals surface area contributed by atoms with Crippen LogP contribution in [0, 0.1) is 5.41 Å². The van der Waals surface area contributed by atoms with Gasteiger partial charge in [-0.1, -0.05) is 56.3 Å². The second kappa shape index (κ2) is 11.2. The number of hydrogen-bond acceptors (Lipinski definition) is 7. The van der Waals surface area contributed by atoms with Gasteiger partial charge in [0.25, 0.3) is 11.8 Å². The molecule has 1 atom stereocenters. The number of Topliss-reactive ketones (excluding diaryl/α,β-unsaturated/α-hetero) is 1. The minimum absolute atomic E-state index is 0.141. The number of nitrogens with one attached hydrogen (secondary N) is 1. The lowest BCUT2D eigenvalue weighted by atomic mass is 9.81. The Kier molecular flexibility index (Phi) is 8.18. The lowest BCUT2D eigenvalue weighted by Gasteiger charge is -2.32. The zero-order valence-corrected chi connectivity index (χ0v) is 22.1. The number of fused-ring (bicyclic) bond motifs is 5. The van der Waals surface area contributed by atoms with Crippen LogP contribution in [0.3, 0.4) is 0 Å². The summed E-state index contributed by atoms with van der Waals surface area (Å²) >= 11 is 0. The van der Waals surface area contributed by atoms with Gasteiger partial charge in [-0.3, -0.25) is 10.1 Å². The Balaban J connectivity index is 1.98. The average Bonchev–Trinajstić information content (AvgIpc) is 3.38. The van der Waals surface area contributed by atoms with Crippen LogP contribution in [0.25, 0.3) is 11.6 Å². The molecule has 3 heterocycles. The van der Waals surface area contributed by atoms with Gasteiger partial charge in [0.1, 0.15) is 5.69 Å². The van der Waals surface area contributed by atoms with E-state index in [-0.39, 0.29) is 12.8 Å². The maximum absolute atomic E-state index is 14.8. The summed E-state index contributed by atoms with van der Waals surface area (Å²) in [4.78, 5) is 28.5. The van der Waals surface area contributed by atoms with Crippen LogP contribution >= 0.6 is 0 Å². The summed E-state index contributed by atoms with van der Waals surface area (Å²) in [5.74, 6) is -2.99. The van der Waals surface area contributed by atoms with E-state index in [1.54, 1.807) is 35.6 Å². The quantitative estimate of drug-likeness (QED) is 0.239. The van der Waals surface area contributed by atoms with Gasteiger partial charge in [0.2, 0.25) is 5.60 Å². The van der Waals surface area contributed by atoms with Gasteiger partial charge >= 0.3 is 18.4 Å². The number of pyridine rings is 1. The number of allylic oxidation sites excluding steroid dienone is 2. The Morgan fingerprint density at radius 1 is 1.07 bits per heavy atom. The molecule has 1 unspecified atom stereocenters. The number of nitrogens with zero attached hydrogens (tertiary/aromatic N) is 3. The van der Waals surface area contributed by atoms with Crippen molar-refractivity contribution in [2.45, 2.75) is 57.7 Å². The summed E-state index contributed by atoms with van der Waals surface area (Å²) in [5, 5.41) is 18.0. The zero-order valence-electron chi connectivity index (χ0n) is 22.1. The summed E-state index contributed by atoms with van der Waals surface area (Å²) in [5.41, 5.74) is -8.51. The number of ketones is 1. The average molecular weight is 599 g/mol. The predicted octanol–water partition coefficient (Wildman–Crippen LogP) is 7.16. The van der Waals surface area contributed by atoms with Crippen LogP contribution in [0.4, 0.5) is 36.8 Å². The molecule has 15 heteroatoms. The Morgan fingerprint density at radius 2 is 1.76 bits per heavy atom. The van der Waals surface area contributed by atoms with E-state index in [1.165, 1.54) is 26.0 Å². The SMILES string of the molecule is CC1(C)CC=CCCC(OCc2ccccc2)(C(F)(F)F)c2nnc(o2)-c2nc(c(C(F)(F)F)cc2NC(=O)O)C1=O. The summed E-state index contributed by atoms with van der Waals surface area (Å²) in [6.45, 7) is 2.19. The van der Waals surface area contributed by atoms with Gasteiger partial charge in [0.05, 0.1) is 17.9 Å². The highest BCUT2D eigenvalue weighted by Gasteiger charge is 2.61. The maximum Gasteiger partial charge on any atom is 0.426 e. The first kappa shape index (κ1) is 30.7. The molecule has 4 bridgehead atoms. The van der Waals surface area contributed by atoms with Crippen LogP contribution in [-0.4, -0.2) is 38.3 Å². The predicted molar refractivity (Wildman–Crippen MR) is 134 cm³/mol. The van der Waals surface area contributed by atoms with Gasteiger partial charge < -0.3 is 14.3 Å². The van der Waals surface area contributed by atoms with Crippen LogP contribution in [-0.2, 0) is 23.1 Å². The normalized spacial score (nSPS) is 19.3. The molecule has 2 aromatic heterocycles. The number of benzene rings is 1. The van der Waals surface area contributed by atoms with Crippen molar-refractivity contribution in [1.82, 2.24) is 15.2 Å². The van der Waals surface area contributed by atoms with Gasteiger partial charge in [0.15, 0.2) is 11.5 Å². The smallest absolute Gasteiger partial charge is 0.426 e. The Morgan fingerprint density at radius 3 is 2.38 bits per heavy atom. The molecule has 224 valence electrons. The fraction of sp³-hybridized carbons (Fsp3) is 0.370. The molecular formula is C27H24F6N4O5. The standard InChI is InChI=1S/C27H24F6N4O5/c1-24(2)11-7-4-8-12-25(27(31,32)33,41-14-15-9-5-3-6-10-15)22-37-36-21(42-22)19-17(34-23(39)40)13-16(26(28,29)30)18(35-19)20(24)38/h3-7,9-10,13,34H,8,11-12,14H2,1-2H3,(H,39,40). The number of carboxylic acid groups (broad SMARTS) is 1. The molecule has 0 saturated carbocycles. The molecule has 1 aromatic carbocycles. The minimum Gasteiger partial charge on any atom is -0.465 e. The van der Waals surface area contributed by atoms with Crippen LogP contribution in [0.2, 0.25) is 0 Å². The highest BCUT2D eigenvalue weighted by Crippen LogP contribution is 2.47. The van der Waals surface area contributed by atoms with E-state index >= 15 is 0 Å². The largest absolute Gasteiger partial charge is 0.465 e. The number of carbonyl (C=O) groups is 2. The van der Waals surface area contributed by atoms with Crippen molar-refractivity contribution in [1.29, 1.82) is 0 Å². The number of ether oxygens (including phenoxy) is 1. The molecule has 42 heavy (non-hydrogen) atoms. The molecule has 9 nitrogen and oxygen atoms in total. The second-order valence-corrected chi connectivity index (χ2v) is 10.1. The monoisotopic (exact) mass is 598 g/mol. The molecule has 0 fully saturated rings. The van der Waals surface area contributed by atoms with Gasteiger partial charge in [-0.05, 0) is 30.9 Å². The van der Waals surface area contributed by atoms with Crippen molar-refractivity contribution in [2.75, 3.05) is 5.32 Å². The van der Waals surface area contributed by atoms with Gasteiger partial charge in [-0.25, -0.2) is 9.78 Å². The van der Waals surface area contributed by atoms with Gasteiger partial charge in [0, 0.05) is 5.41 Å². The third-order valence-corrected chi connectivity index (χ3v) is 6.62. The third kappa shape index (κ3) is 6.15. The number of rotatable bonds is 4. The van der Waals surface area contributed by atoms with Crippen LogP contribution in [0.1, 0.15) is 60.6 Å². The van der Waals surface area contributed by atoms with Gasteiger partial charge in [-0.15, -0.1) is 10.2 Å². The van der Waals surface area contributed by atoms with E-state index in [0.717, 1.165) is 0 Å². The summed E-state index contributed by atoms with van der Waals surface area (Å²) in [7, 11) is 0. The van der Waals surface area contributed by atoms with Crippen molar-refractivity contribution in [3.05, 3.63) is 71.3 Å². The molecule has 3 aromatic rings.